The first-order valence-electron chi connectivity index (χ1n) is 5.65. The minimum absolute atomic E-state index is 0.0868. The number of pyridine rings is 1. The van der Waals surface area contributed by atoms with Crippen molar-refractivity contribution in [2.75, 3.05) is 26.4 Å². The molecule has 1 rings (SSSR count). The molecular formula is C12H20N2O2. The van der Waals surface area contributed by atoms with E-state index in [0.717, 1.165) is 18.7 Å². The highest BCUT2D eigenvalue weighted by Crippen LogP contribution is 1.98. The monoisotopic (exact) mass is 224 g/mol. The van der Waals surface area contributed by atoms with Crippen LogP contribution in [-0.4, -0.2) is 42.5 Å². The second kappa shape index (κ2) is 8.21. The Morgan fingerprint density at radius 2 is 2.31 bits per heavy atom. The van der Waals surface area contributed by atoms with Crippen LogP contribution in [0.2, 0.25) is 0 Å². The quantitative estimate of drug-likeness (QED) is 0.635. The molecule has 0 bridgehead atoms. The third-order valence-electron chi connectivity index (χ3n) is 2.22. The van der Waals surface area contributed by atoms with E-state index in [9.17, 15) is 0 Å². The normalized spacial score (nSPS) is 12.6. The van der Waals surface area contributed by atoms with Crippen molar-refractivity contribution >= 4 is 0 Å². The van der Waals surface area contributed by atoms with Crippen LogP contribution in [0.15, 0.2) is 24.4 Å². The number of hydrogen-bond acceptors (Lipinski definition) is 4. The van der Waals surface area contributed by atoms with E-state index in [0.29, 0.717) is 19.3 Å². The SMILES string of the molecule is CC(Cc1ccccn1)NCCOCCO. The zero-order chi connectivity index (χ0) is 11.6. The number of hydrogen-bond donors (Lipinski definition) is 2. The van der Waals surface area contributed by atoms with E-state index >= 15 is 0 Å². The van der Waals surface area contributed by atoms with Crippen molar-refractivity contribution in [3.05, 3.63) is 30.1 Å². The summed E-state index contributed by atoms with van der Waals surface area (Å²) in [6.45, 7) is 4.06. The van der Waals surface area contributed by atoms with Crippen LogP contribution in [-0.2, 0) is 11.2 Å². The van der Waals surface area contributed by atoms with Crippen LogP contribution >= 0.6 is 0 Å². The third kappa shape index (κ3) is 5.80. The number of nitrogens with one attached hydrogen (secondary N) is 1. The molecule has 0 radical (unpaired) electrons. The van der Waals surface area contributed by atoms with Gasteiger partial charge >= 0.3 is 0 Å². The lowest BCUT2D eigenvalue weighted by molar-refractivity contribution is 0.0928. The molecule has 2 N–H and O–H groups in total. The second-order valence-electron chi connectivity index (χ2n) is 3.72. The molecule has 0 saturated carbocycles. The minimum atomic E-state index is 0.0868. The average Bonchev–Trinajstić information content (AvgIpc) is 2.30. The van der Waals surface area contributed by atoms with E-state index in [4.69, 9.17) is 9.84 Å². The predicted octanol–water partition coefficient (Wildman–Crippen LogP) is 0.611. The summed E-state index contributed by atoms with van der Waals surface area (Å²) in [6.07, 6.45) is 2.73. The summed E-state index contributed by atoms with van der Waals surface area (Å²) in [5.74, 6) is 0. The van der Waals surface area contributed by atoms with Crippen LogP contribution in [0.25, 0.3) is 0 Å². The van der Waals surface area contributed by atoms with Crippen LogP contribution in [0.1, 0.15) is 12.6 Å². The lowest BCUT2D eigenvalue weighted by atomic mass is 10.1. The number of aliphatic hydroxyl groups excluding tert-OH is 1. The van der Waals surface area contributed by atoms with Gasteiger partial charge in [-0.05, 0) is 19.1 Å². The summed E-state index contributed by atoms with van der Waals surface area (Å²) in [6, 6.07) is 6.33. The van der Waals surface area contributed by atoms with Gasteiger partial charge in [-0.1, -0.05) is 6.07 Å². The van der Waals surface area contributed by atoms with E-state index in [1.807, 2.05) is 24.4 Å². The van der Waals surface area contributed by atoms with Crippen LogP contribution in [0.3, 0.4) is 0 Å². The highest BCUT2D eigenvalue weighted by Gasteiger charge is 2.02. The smallest absolute Gasteiger partial charge is 0.0698 e. The largest absolute Gasteiger partial charge is 0.394 e. The van der Waals surface area contributed by atoms with Crippen molar-refractivity contribution in [1.29, 1.82) is 0 Å². The molecule has 0 aliphatic carbocycles. The standard InChI is InChI=1S/C12H20N2O2/c1-11(13-6-8-16-9-7-15)10-12-4-2-3-5-14-12/h2-5,11,13,15H,6-10H2,1H3. The molecule has 16 heavy (non-hydrogen) atoms. The fourth-order valence-corrected chi connectivity index (χ4v) is 1.45. The van der Waals surface area contributed by atoms with Crippen molar-refractivity contribution in [2.24, 2.45) is 0 Å². The zero-order valence-corrected chi connectivity index (χ0v) is 9.72. The number of aliphatic hydroxyl groups is 1. The Morgan fingerprint density at radius 1 is 1.44 bits per heavy atom. The van der Waals surface area contributed by atoms with Gasteiger partial charge in [0.05, 0.1) is 19.8 Å². The van der Waals surface area contributed by atoms with Crippen LogP contribution < -0.4 is 5.32 Å². The maximum Gasteiger partial charge on any atom is 0.0698 e. The molecule has 1 atom stereocenters. The maximum absolute atomic E-state index is 8.52. The first-order chi connectivity index (χ1) is 7.83. The highest BCUT2D eigenvalue weighted by atomic mass is 16.5. The van der Waals surface area contributed by atoms with E-state index in [1.54, 1.807) is 0 Å². The summed E-state index contributed by atoms with van der Waals surface area (Å²) in [4.78, 5) is 4.27. The Bertz CT molecular complexity index is 267. The first kappa shape index (κ1) is 13.1. The number of ether oxygens (including phenoxy) is 1. The Kier molecular flexibility index (Phi) is 6.72. The maximum atomic E-state index is 8.52. The van der Waals surface area contributed by atoms with Crippen molar-refractivity contribution in [3.8, 4) is 0 Å². The molecule has 4 heteroatoms. The predicted molar refractivity (Wildman–Crippen MR) is 63.3 cm³/mol. The van der Waals surface area contributed by atoms with Gasteiger partial charge in [-0.15, -0.1) is 0 Å². The fourth-order valence-electron chi connectivity index (χ4n) is 1.45. The Labute approximate surface area is 96.7 Å². The van der Waals surface area contributed by atoms with Crippen molar-refractivity contribution < 1.29 is 9.84 Å². The molecule has 0 aliphatic heterocycles. The molecule has 1 heterocycles. The molecule has 1 aromatic heterocycles. The van der Waals surface area contributed by atoms with Gasteiger partial charge in [0.1, 0.15) is 0 Å². The molecule has 0 spiro atoms. The van der Waals surface area contributed by atoms with Crippen LogP contribution in [0, 0.1) is 0 Å². The zero-order valence-electron chi connectivity index (χ0n) is 9.72. The topological polar surface area (TPSA) is 54.4 Å². The lowest BCUT2D eigenvalue weighted by Gasteiger charge is -2.13. The van der Waals surface area contributed by atoms with Gasteiger partial charge in [0.15, 0.2) is 0 Å². The molecule has 4 nitrogen and oxygen atoms in total. The molecule has 0 amide bonds. The Morgan fingerprint density at radius 3 is 3.00 bits per heavy atom. The van der Waals surface area contributed by atoms with Crippen molar-refractivity contribution in [2.45, 2.75) is 19.4 Å². The van der Waals surface area contributed by atoms with Gasteiger partial charge in [-0.25, -0.2) is 0 Å². The van der Waals surface area contributed by atoms with Crippen molar-refractivity contribution in [1.82, 2.24) is 10.3 Å². The number of aromatic nitrogens is 1. The van der Waals surface area contributed by atoms with Gasteiger partial charge < -0.3 is 15.2 Å². The molecule has 1 unspecified atom stereocenters. The number of rotatable bonds is 8. The lowest BCUT2D eigenvalue weighted by Crippen LogP contribution is -2.31. The third-order valence-corrected chi connectivity index (χ3v) is 2.22. The van der Waals surface area contributed by atoms with Crippen molar-refractivity contribution in [3.63, 3.8) is 0 Å². The molecule has 90 valence electrons. The summed E-state index contributed by atoms with van der Waals surface area (Å²) < 4.78 is 5.16. The molecule has 0 fully saturated rings. The molecule has 1 aromatic rings. The molecule has 0 saturated heterocycles. The van der Waals surface area contributed by atoms with E-state index < -0.39 is 0 Å². The van der Waals surface area contributed by atoms with Gasteiger partial charge in [-0.2, -0.15) is 0 Å². The first-order valence-corrected chi connectivity index (χ1v) is 5.65. The van der Waals surface area contributed by atoms with Gasteiger partial charge in [0, 0.05) is 30.9 Å². The Balaban J connectivity index is 2.09. The van der Waals surface area contributed by atoms with E-state index in [2.05, 4.69) is 17.2 Å². The summed E-state index contributed by atoms with van der Waals surface area (Å²) >= 11 is 0. The molecule has 0 aliphatic rings. The molecular weight excluding hydrogens is 204 g/mol. The fraction of sp³-hybridized carbons (Fsp3) is 0.583. The summed E-state index contributed by atoms with van der Waals surface area (Å²) in [5, 5.41) is 11.9. The highest BCUT2D eigenvalue weighted by molar-refractivity contribution is 5.04. The Hall–Kier alpha value is -0.970. The van der Waals surface area contributed by atoms with E-state index in [1.165, 1.54) is 0 Å². The van der Waals surface area contributed by atoms with Crippen LogP contribution in [0.5, 0.6) is 0 Å². The van der Waals surface area contributed by atoms with Gasteiger partial charge in [-0.3, -0.25) is 4.98 Å². The average molecular weight is 224 g/mol. The summed E-state index contributed by atoms with van der Waals surface area (Å²) in [7, 11) is 0. The molecule has 0 aromatic carbocycles. The summed E-state index contributed by atoms with van der Waals surface area (Å²) in [5.41, 5.74) is 1.10. The van der Waals surface area contributed by atoms with Crippen LogP contribution in [0.4, 0.5) is 0 Å². The minimum Gasteiger partial charge on any atom is -0.394 e. The van der Waals surface area contributed by atoms with E-state index in [-0.39, 0.29) is 6.61 Å². The second-order valence-corrected chi connectivity index (χ2v) is 3.72. The van der Waals surface area contributed by atoms with Gasteiger partial charge in [0.25, 0.3) is 0 Å². The number of nitrogens with zero attached hydrogens (tertiary/aromatic N) is 1. The van der Waals surface area contributed by atoms with Gasteiger partial charge in [0.2, 0.25) is 0 Å².